The normalized spacial score (nSPS) is 24.4. The first-order valence-electron chi connectivity index (χ1n) is 5.51. The Bertz CT molecular complexity index is 317. The van der Waals surface area contributed by atoms with Crippen LogP contribution in [0.25, 0.3) is 0 Å². The lowest BCUT2D eigenvalue weighted by molar-refractivity contribution is -0.140. The second-order valence-corrected chi connectivity index (χ2v) is 4.07. The number of hydrogen-bond acceptors (Lipinski definition) is 3. The number of nitrogens with one attached hydrogen (secondary N) is 2. The predicted molar refractivity (Wildman–Crippen MR) is 61.7 cm³/mol. The van der Waals surface area contributed by atoms with Gasteiger partial charge in [-0.25, -0.2) is 4.79 Å². The Morgan fingerprint density at radius 1 is 1.53 bits per heavy atom. The van der Waals surface area contributed by atoms with Crippen LogP contribution in [0.3, 0.4) is 0 Å². The third-order valence-corrected chi connectivity index (χ3v) is 2.67. The average Bonchev–Trinajstić information content (AvgIpc) is 2.74. The highest BCUT2D eigenvalue weighted by atomic mass is 16.5. The highest BCUT2D eigenvalue weighted by molar-refractivity contribution is 5.76. The molecule has 0 aromatic carbocycles. The summed E-state index contributed by atoms with van der Waals surface area (Å²) >= 11 is 0. The molecular formula is C11H18N2O4. The molecule has 0 aromatic rings. The van der Waals surface area contributed by atoms with Gasteiger partial charge in [-0.2, -0.15) is 0 Å². The van der Waals surface area contributed by atoms with Gasteiger partial charge in [0.2, 0.25) is 0 Å². The zero-order valence-corrected chi connectivity index (χ0v) is 9.97. The third kappa shape index (κ3) is 4.44. The summed E-state index contributed by atoms with van der Waals surface area (Å²) in [6, 6.07) is -0.525. The van der Waals surface area contributed by atoms with Crippen LogP contribution in [0.4, 0.5) is 4.79 Å². The number of rotatable bonds is 5. The van der Waals surface area contributed by atoms with E-state index < -0.39 is 11.9 Å². The van der Waals surface area contributed by atoms with Crippen molar-refractivity contribution < 1.29 is 19.4 Å². The molecule has 1 aliphatic carbocycles. The molecule has 0 aliphatic heterocycles. The Balaban J connectivity index is 2.25. The molecule has 0 fully saturated rings. The van der Waals surface area contributed by atoms with E-state index in [2.05, 4.69) is 10.6 Å². The quantitative estimate of drug-likeness (QED) is 0.607. The van der Waals surface area contributed by atoms with Crippen molar-refractivity contribution in [1.29, 1.82) is 0 Å². The standard InChI is InChI=1S/C11H18N2O4/c1-7(17-2)6-12-11(16)13-9-4-3-8(5-9)10(14)15/h3-4,7-9H,5-6H2,1-2H3,(H,14,15)(H2,12,13,16). The van der Waals surface area contributed by atoms with Crippen LogP contribution in [-0.2, 0) is 9.53 Å². The fraction of sp³-hybridized carbons (Fsp3) is 0.636. The molecule has 2 amide bonds. The maximum Gasteiger partial charge on any atom is 0.315 e. The molecule has 0 saturated carbocycles. The zero-order valence-electron chi connectivity index (χ0n) is 9.97. The van der Waals surface area contributed by atoms with Crippen LogP contribution < -0.4 is 10.6 Å². The number of carboxylic acids is 1. The minimum Gasteiger partial charge on any atom is -0.481 e. The van der Waals surface area contributed by atoms with Gasteiger partial charge in [-0.15, -0.1) is 0 Å². The first-order valence-corrected chi connectivity index (χ1v) is 5.51. The summed E-state index contributed by atoms with van der Waals surface area (Å²) in [5.74, 6) is -1.36. The van der Waals surface area contributed by atoms with Crippen LogP contribution in [0.2, 0.25) is 0 Å². The van der Waals surface area contributed by atoms with Crippen LogP contribution in [0, 0.1) is 5.92 Å². The van der Waals surface area contributed by atoms with Gasteiger partial charge in [-0.3, -0.25) is 4.79 Å². The van der Waals surface area contributed by atoms with Gasteiger partial charge >= 0.3 is 12.0 Å². The Labute approximate surface area is 100 Å². The van der Waals surface area contributed by atoms with Crippen molar-refractivity contribution in [3.63, 3.8) is 0 Å². The molecule has 3 unspecified atom stereocenters. The van der Waals surface area contributed by atoms with Gasteiger partial charge < -0.3 is 20.5 Å². The van der Waals surface area contributed by atoms with Crippen molar-refractivity contribution in [2.45, 2.75) is 25.5 Å². The largest absolute Gasteiger partial charge is 0.481 e. The van der Waals surface area contributed by atoms with Crippen molar-refractivity contribution in [2.75, 3.05) is 13.7 Å². The molecule has 0 radical (unpaired) electrons. The van der Waals surface area contributed by atoms with Crippen molar-refractivity contribution in [3.05, 3.63) is 12.2 Å². The molecule has 1 rings (SSSR count). The molecule has 1 aliphatic rings. The average molecular weight is 242 g/mol. The molecule has 17 heavy (non-hydrogen) atoms. The van der Waals surface area contributed by atoms with E-state index in [-0.39, 0.29) is 18.2 Å². The van der Waals surface area contributed by atoms with E-state index in [1.807, 2.05) is 6.92 Å². The van der Waals surface area contributed by atoms with Crippen LogP contribution in [0.5, 0.6) is 0 Å². The Morgan fingerprint density at radius 3 is 2.76 bits per heavy atom. The van der Waals surface area contributed by atoms with Crippen LogP contribution >= 0.6 is 0 Å². The van der Waals surface area contributed by atoms with Crippen LogP contribution in [0.1, 0.15) is 13.3 Å². The monoisotopic (exact) mass is 242 g/mol. The number of amides is 2. The highest BCUT2D eigenvalue weighted by Gasteiger charge is 2.25. The summed E-state index contributed by atoms with van der Waals surface area (Å²) < 4.78 is 4.98. The van der Waals surface area contributed by atoms with Gasteiger partial charge in [0.05, 0.1) is 18.1 Å². The van der Waals surface area contributed by atoms with E-state index in [0.717, 1.165) is 0 Å². The van der Waals surface area contributed by atoms with Crippen LogP contribution in [0.15, 0.2) is 12.2 Å². The summed E-state index contributed by atoms with van der Waals surface area (Å²) in [6.07, 6.45) is 3.66. The second-order valence-electron chi connectivity index (χ2n) is 4.07. The molecule has 6 nitrogen and oxygen atoms in total. The minimum atomic E-state index is -0.862. The number of methoxy groups -OCH3 is 1. The van der Waals surface area contributed by atoms with Crippen molar-refractivity contribution >= 4 is 12.0 Å². The SMILES string of the molecule is COC(C)CNC(=O)NC1C=CC(C(=O)O)C1. The van der Waals surface area contributed by atoms with E-state index in [1.54, 1.807) is 19.3 Å². The maximum absolute atomic E-state index is 11.4. The molecule has 0 bridgehead atoms. The number of carbonyl (C=O) groups excluding carboxylic acids is 1. The predicted octanol–water partition coefficient (Wildman–Crippen LogP) is 0.350. The first kappa shape index (κ1) is 13.5. The van der Waals surface area contributed by atoms with Gasteiger partial charge in [-0.05, 0) is 13.3 Å². The third-order valence-electron chi connectivity index (χ3n) is 2.67. The molecule has 0 heterocycles. The van der Waals surface area contributed by atoms with Gasteiger partial charge in [0.15, 0.2) is 0 Å². The second kappa shape index (κ2) is 6.24. The van der Waals surface area contributed by atoms with E-state index in [4.69, 9.17) is 9.84 Å². The van der Waals surface area contributed by atoms with Crippen LogP contribution in [-0.4, -0.2) is 42.9 Å². The molecule has 96 valence electrons. The summed E-state index contributed by atoms with van der Waals surface area (Å²) in [4.78, 5) is 22.1. The molecule has 0 saturated heterocycles. The summed E-state index contributed by atoms with van der Waals surface area (Å²) in [5.41, 5.74) is 0. The maximum atomic E-state index is 11.4. The van der Waals surface area contributed by atoms with E-state index in [9.17, 15) is 9.59 Å². The first-order chi connectivity index (χ1) is 8.02. The Morgan fingerprint density at radius 2 is 2.24 bits per heavy atom. The number of carbonyl (C=O) groups is 2. The summed E-state index contributed by atoms with van der Waals surface area (Å²) in [7, 11) is 1.57. The lowest BCUT2D eigenvalue weighted by atomic mass is 10.1. The highest BCUT2D eigenvalue weighted by Crippen LogP contribution is 2.17. The lowest BCUT2D eigenvalue weighted by Crippen LogP contribution is -2.43. The number of ether oxygens (including phenoxy) is 1. The van der Waals surface area contributed by atoms with E-state index in [1.165, 1.54) is 0 Å². The smallest absolute Gasteiger partial charge is 0.315 e. The molecule has 6 heteroatoms. The Hall–Kier alpha value is -1.56. The van der Waals surface area contributed by atoms with Crippen molar-refractivity contribution in [1.82, 2.24) is 10.6 Å². The van der Waals surface area contributed by atoms with Gasteiger partial charge in [-0.1, -0.05) is 12.2 Å². The number of hydrogen-bond donors (Lipinski definition) is 3. The van der Waals surface area contributed by atoms with E-state index in [0.29, 0.717) is 13.0 Å². The molecule has 0 spiro atoms. The summed E-state index contributed by atoms with van der Waals surface area (Å²) in [5, 5.41) is 14.1. The van der Waals surface area contributed by atoms with Crippen molar-refractivity contribution in [3.8, 4) is 0 Å². The fourth-order valence-electron chi connectivity index (χ4n) is 1.53. The number of urea groups is 1. The molecule has 3 atom stereocenters. The molecule has 0 aromatic heterocycles. The van der Waals surface area contributed by atoms with E-state index >= 15 is 0 Å². The summed E-state index contributed by atoms with van der Waals surface area (Å²) in [6.45, 7) is 2.26. The molecular weight excluding hydrogens is 224 g/mol. The van der Waals surface area contributed by atoms with Gasteiger partial charge in [0.25, 0.3) is 0 Å². The lowest BCUT2D eigenvalue weighted by Gasteiger charge is -2.15. The minimum absolute atomic E-state index is 0.0494. The topological polar surface area (TPSA) is 87.7 Å². The van der Waals surface area contributed by atoms with Gasteiger partial charge in [0, 0.05) is 13.7 Å². The van der Waals surface area contributed by atoms with Crippen molar-refractivity contribution in [2.24, 2.45) is 5.92 Å². The zero-order chi connectivity index (χ0) is 12.8. The number of carboxylic acid groups (broad SMARTS) is 1. The Kier molecular flexibility index (Phi) is 4.96. The van der Waals surface area contributed by atoms with Gasteiger partial charge in [0.1, 0.15) is 0 Å². The molecule has 3 N–H and O–H groups in total. The fourth-order valence-corrected chi connectivity index (χ4v) is 1.53. The number of aliphatic carboxylic acids is 1.